The van der Waals surface area contributed by atoms with Crippen LogP contribution in [0.3, 0.4) is 0 Å². The normalized spacial score (nSPS) is 38.8. The number of halogens is 3. The summed E-state index contributed by atoms with van der Waals surface area (Å²) in [4.78, 5) is 8.74. The first-order valence-electron chi connectivity index (χ1n) is 14.0. The van der Waals surface area contributed by atoms with Gasteiger partial charge in [-0.1, -0.05) is 0 Å². The van der Waals surface area contributed by atoms with E-state index in [0.717, 1.165) is 37.8 Å². The molecule has 6 rings (SSSR count). The van der Waals surface area contributed by atoms with Gasteiger partial charge in [0.2, 0.25) is 0 Å². The number of hydrogen-bond donors (Lipinski definition) is 6. The van der Waals surface area contributed by atoms with Crippen LogP contribution in [0.5, 0.6) is 5.75 Å². The highest BCUT2D eigenvalue weighted by atomic mass is 19.4. The summed E-state index contributed by atoms with van der Waals surface area (Å²) >= 11 is 0. The van der Waals surface area contributed by atoms with Crippen molar-refractivity contribution in [1.29, 1.82) is 0 Å². The van der Waals surface area contributed by atoms with Crippen LogP contribution in [0.15, 0.2) is 23.2 Å². The van der Waals surface area contributed by atoms with Crippen LogP contribution in [0.4, 0.5) is 24.5 Å². The van der Waals surface area contributed by atoms with E-state index in [2.05, 4.69) is 30.6 Å². The predicted octanol–water partition coefficient (Wildman–Crippen LogP) is 1.25. The van der Waals surface area contributed by atoms with E-state index < -0.39 is 30.9 Å². The van der Waals surface area contributed by atoms with Crippen LogP contribution in [0.25, 0.3) is 0 Å². The summed E-state index contributed by atoms with van der Waals surface area (Å²) in [5.41, 5.74) is 7.54. The Bertz CT molecular complexity index is 1090. The molecule has 5 aliphatic rings. The van der Waals surface area contributed by atoms with Gasteiger partial charge in [-0.3, -0.25) is 9.89 Å². The monoisotopic (exact) mass is 569 g/mol. The number of likely N-dealkylation sites (N-methyl/N-ethyl adjacent to an activating group) is 1. The zero-order valence-corrected chi connectivity index (χ0v) is 22.3. The van der Waals surface area contributed by atoms with Crippen molar-refractivity contribution < 1.29 is 32.9 Å². The number of likely N-dealkylation sites (tertiary alicyclic amines) is 1. The van der Waals surface area contributed by atoms with Crippen molar-refractivity contribution in [3.8, 4) is 5.75 Å². The van der Waals surface area contributed by atoms with Gasteiger partial charge in [0, 0.05) is 31.1 Å². The number of aliphatic hydroxyl groups excluding tert-OH is 2. The summed E-state index contributed by atoms with van der Waals surface area (Å²) in [6, 6.07) is 4.63. The minimum Gasteiger partial charge on any atom is -0.406 e. The fraction of sp³-hybridized carbons (Fsp3) is 0.731. The van der Waals surface area contributed by atoms with Crippen molar-refractivity contribution in [2.45, 2.75) is 87.5 Å². The minimum absolute atomic E-state index is 0.0441. The van der Waals surface area contributed by atoms with Gasteiger partial charge in [0.05, 0.1) is 30.0 Å². The number of alkyl halides is 3. The maximum atomic E-state index is 12.5. The number of aliphatic imine (C=N–C) groups is 1. The summed E-state index contributed by atoms with van der Waals surface area (Å²) in [6.45, 7) is 1.21. The lowest BCUT2D eigenvalue weighted by Crippen LogP contribution is -2.54. The van der Waals surface area contributed by atoms with Gasteiger partial charge in [-0.2, -0.15) is 0 Å². The number of nitrogens with two attached hydrogens (primary N) is 1. The topological polar surface area (TPSA) is 140 Å². The van der Waals surface area contributed by atoms with Gasteiger partial charge in [0.15, 0.2) is 0 Å². The van der Waals surface area contributed by atoms with Crippen molar-refractivity contribution in [2.75, 3.05) is 30.8 Å². The molecule has 0 bridgehead atoms. The Hall–Kier alpha value is -2.36. The molecule has 11 nitrogen and oxygen atoms in total. The number of rotatable bonds is 8. The second-order valence-corrected chi connectivity index (χ2v) is 11.7. The van der Waals surface area contributed by atoms with E-state index in [1.54, 1.807) is 12.4 Å². The van der Waals surface area contributed by atoms with E-state index in [9.17, 15) is 23.4 Å². The Kier molecular flexibility index (Phi) is 7.51. The van der Waals surface area contributed by atoms with Gasteiger partial charge in [0.25, 0.3) is 0 Å². The molecule has 1 aliphatic carbocycles. The summed E-state index contributed by atoms with van der Waals surface area (Å²) in [5, 5.41) is 31.2. The summed E-state index contributed by atoms with van der Waals surface area (Å²) < 4.78 is 47.7. The SMILES string of the molecule is CN(C[C@H]1O[C@@H](N2CCC3C(N)NC=NC32)[C@H](O)[C@@H]1O)C1CC(CCC2Nc3ccc(OC(F)(F)F)cc3N2)C1. The lowest BCUT2D eigenvalue weighted by Gasteiger charge is -2.42. The van der Waals surface area contributed by atoms with E-state index in [1.165, 1.54) is 12.1 Å². The Labute approximate surface area is 230 Å². The molecule has 7 N–H and O–H groups in total. The van der Waals surface area contributed by atoms with E-state index >= 15 is 0 Å². The number of aliphatic hydroxyl groups is 2. The molecule has 0 radical (unpaired) electrons. The van der Waals surface area contributed by atoms with E-state index in [4.69, 9.17) is 10.5 Å². The molecule has 3 fully saturated rings. The van der Waals surface area contributed by atoms with Crippen molar-refractivity contribution >= 4 is 17.7 Å². The molecule has 40 heavy (non-hydrogen) atoms. The van der Waals surface area contributed by atoms with Gasteiger partial charge in [-0.25, -0.2) is 0 Å². The molecule has 1 aromatic rings. The van der Waals surface area contributed by atoms with Gasteiger partial charge in [-0.15, -0.1) is 13.2 Å². The maximum absolute atomic E-state index is 12.5. The number of fused-ring (bicyclic) bond motifs is 2. The van der Waals surface area contributed by atoms with Gasteiger partial charge in [0.1, 0.15) is 36.5 Å². The zero-order valence-electron chi connectivity index (χ0n) is 22.3. The Morgan fingerprint density at radius 2 is 1.95 bits per heavy atom. The average Bonchev–Trinajstić information content (AvgIpc) is 3.54. The van der Waals surface area contributed by atoms with Gasteiger partial charge >= 0.3 is 6.36 Å². The highest BCUT2D eigenvalue weighted by molar-refractivity contribution is 5.75. The van der Waals surface area contributed by atoms with Crippen LogP contribution in [0.2, 0.25) is 0 Å². The number of anilines is 2. The van der Waals surface area contributed by atoms with E-state index in [0.29, 0.717) is 30.7 Å². The Balaban J connectivity index is 0.936. The fourth-order valence-electron chi connectivity index (χ4n) is 6.80. The molecule has 0 aromatic heterocycles. The fourth-order valence-corrected chi connectivity index (χ4v) is 6.80. The number of ether oxygens (including phenoxy) is 2. The second-order valence-electron chi connectivity index (χ2n) is 11.7. The highest BCUT2D eigenvalue weighted by Gasteiger charge is 2.52. The Morgan fingerprint density at radius 1 is 1.18 bits per heavy atom. The van der Waals surface area contributed by atoms with Crippen LogP contribution in [0.1, 0.15) is 32.1 Å². The van der Waals surface area contributed by atoms with E-state index in [-0.39, 0.29) is 30.2 Å². The molecule has 1 saturated carbocycles. The minimum atomic E-state index is -4.72. The zero-order chi connectivity index (χ0) is 28.2. The molecule has 0 spiro atoms. The first-order valence-corrected chi connectivity index (χ1v) is 14.0. The molecule has 1 aromatic carbocycles. The third-order valence-corrected chi connectivity index (χ3v) is 9.11. The van der Waals surface area contributed by atoms with Crippen LogP contribution in [-0.4, -0.2) is 102 Å². The van der Waals surface area contributed by atoms with Crippen LogP contribution in [0, 0.1) is 11.8 Å². The summed E-state index contributed by atoms with van der Waals surface area (Å²) in [6.07, 6.45) is -1.92. The molecule has 222 valence electrons. The maximum Gasteiger partial charge on any atom is 0.573 e. The van der Waals surface area contributed by atoms with Gasteiger partial charge in [-0.05, 0) is 57.2 Å². The highest BCUT2D eigenvalue weighted by Crippen LogP contribution is 2.40. The van der Waals surface area contributed by atoms with E-state index in [1.807, 2.05) is 11.9 Å². The third kappa shape index (κ3) is 5.57. The van der Waals surface area contributed by atoms with Crippen LogP contribution >= 0.6 is 0 Å². The lowest BCUT2D eigenvalue weighted by molar-refractivity contribution is -0.274. The van der Waals surface area contributed by atoms with Gasteiger partial charge < -0.3 is 46.3 Å². The molecule has 8 atom stereocenters. The number of benzene rings is 1. The first kappa shape index (κ1) is 27.8. The average molecular weight is 570 g/mol. The van der Waals surface area contributed by atoms with Crippen molar-refractivity contribution in [2.24, 2.45) is 22.6 Å². The second kappa shape index (κ2) is 10.8. The molecule has 2 saturated heterocycles. The molecular weight excluding hydrogens is 531 g/mol. The van der Waals surface area contributed by atoms with Crippen molar-refractivity contribution in [3.05, 3.63) is 18.2 Å². The van der Waals surface area contributed by atoms with Crippen LogP contribution in [-0.2, 0) is 4.74 Å². The lowest BCUT2D eigenvalue weighted by atomic mass is 9.76. The van der Waals surface area contributed by atoms with Crippen LogP contribution < -0.4 is 26.4 Å². The summed E-state index contributed by atoms with van der Waals surface area (Å²) in [7, 11) is 2.02. The molecule has 14 heteroatoms. The number of hydrogen-bond acceptors (Lipinski definition) is 11. The molecule has 4 unspecified atom stereocenters. The van der Waals surface area contributed by atoms with Crippen molar-refractivity contribution in [3.63, 3.8) is 0 Å². The third-order valence-electron chi connectivity index (χ3n) is 9.11. The Morgan fingerprint density at radius 3 is 2.73 bits per heavy atom. The largest absolute Gasteiger partial charge is 0.573 e. The first-order chi connectivity index (χ1) is 19.1. The molecule has 4 heterocycles. The number of nitrogens with zero attached hydrogens (tertiary/aromatic N) is 3. The summed E-state index contributed by atoms with van der Waals surface area (Å²) in [5.74, 6) is 0.436. The molecular formula is C26H38F3N7O4. The number of nitrogens with one attached hydrogen (secondary N) is 3. The molecule has 0 amide bonds. The molecule has 4 aliphatic heterocycles. The quantitative estimate of drug-likeness (QED) is 0.271. The smallest absolute Gasteiger partial charge is 0.406 e. The van der Waals surface area contributed by atoms with Crippen molar-refractivity contribution in [1.82, 2.24) is 15.1 Å². The standard InChI is InChI=1S/C26H38F3N7O4/c1-35(11-19-21(37)22(38)25(39-19)36-7-6-16-23(30)31-12-32-24(16)36)14-8-13(9-14)2-5-20-33-17-4-3-15(10-18(17)34-20)40-26(27,28)29/h3-4,10,12-14,16,19-25,33-34,37-38H,2,5-9,11,30H2,1H3,(H,31,32)/t13?,14?,16?,19-,20?,21-,22-,23?,24?,25-/m1/s1. The predicted molar refractivity (Wildman–Crippen MR) is 141 cm³/mol.